The van der Waals surface area contributed by atoms with Gasteiger partial charge in [0.25, 0.3) is 10.1 Å². The van der Waals surface area contributed by atoms with Crippen molar-refractivity contribution >= 4 is 92.8 Å². The largest absolute Gasteiger partial charge is 0.395 e. The second-order valence-corrected chi connectivity index (χ2v) is 17.6. The van der Waals surface area contributed by atoms with Gasteiger partial charge < -0.3 is 41.3 Å². The van der Waals surface area contributed by atoms with Crippen molar-refractivity contribution in [2.45, 2.75) is 9.79 Å². The van der Waals surface area contributed by atoms with Crippen LogP contribution in [0, 0.1) is 0 Å². The van der Waals surface area contributed by atoms with Crippen LogP contribution in [0.4, 0.5) is 58.4 Å². The Morgan fingerprint density at radius 2 is 0.985 bits per heavy atom. The number of nitrogens with zero attached hydrogens (tertiary/aromatic N) is 10. The van der Waals surface area contributed by atoms with Crippen LogP contribution in [0.5, 0.6) is 0 Å². The molecule has 0 spiro atoms. The molecule has 0 bridgehead atoms. The number of rotatable bonds is 20. The Kier molecular flexibility index (Phi) is 16.2. The number of benzene rings is 4. The molecule has 2 fully saturated rings. The minimum atomic E-state index is -4.76. The average Bonchev–Trinajstić information content (AvgIpc) is 3.34. The van der Waals surface area contributed by atoms with Crippen LogP contribution in [0.25, 0.3) is 12.2 Å². The molecule has 2 saturated heterocycles. The molecule has 0 atom stereocenters. The van der Waals surface area contributed by atoms with E-state index in [9.17, 15) is 23.2 Å². The van der Waals surface area contributed by atoms with Gasteiger partial charge in [-0.2, -0.15) is 38.3 Å². The van der Waals surface area contributed by atoms with Crippen LogP contribution in [0.3, 0.4) is 0 Å². The molecule has 4 heterocycles. The van der Waals surface area contributed by atoms with E-state index in [4.69, 9.17) is 19.6 Å². The van der Waals surface area contributed by atoms with Gasteiger partial charge in [-0.15, -0.1) is 4.33 Å². The molecule has 2 aliphatic rings. The van der Waals surface area contributed by atoms with Crippen LogP contribution in [0.15, 0.2) is 107 Å². The minimum absolute atomic E-state index is 0.0681. The Morgan fingerprint density at radius 3 is 1.43 bits per heavy atom. The maximum absolute atomic E-state index is 12.9. The number of aliphatic hydroxyl groups excluding tert-OH is 2. The van der Waals surface area contributed by atoms with Crippen LogP contribution >= 0.6 is 12.0 Å². The molecule has 2 aromatic heterocycles. The van der Waals surface area contributed by atoms with Crippen LogP contribution in [0.2, 0.25) is 0 Å². The van der Waals surface area contributed by atoms with E-state index in [0.29, 0.717) is 98.4 Å². The second-order valence-electron chi connectivity index (χ2n) is 15.4. The summed E-state index contributed by atoms with van der Waals surface area (Å²) in [5, 5.41) is 44.6. The number of hydrogen-bond acceptors (Lipinski definition) is 22. The molecule has 356 valence electrons. The van der Waals surface area contributed by atoms with Gasteiger partial charge in [-0.1, -0.05) is 65.7 Å². The number of aromatic nitrogens is 6. The third kappa shape index (κ3) is 13.1. The molecule has 22 nitrogen and oxygen atoms in total. The molecule has 0 radical (unpaired) electrons. The summed E-state index contributed by atoms with van der Waals surface area (Å²) in [7, 11) is -4.76. The lowest BCUT2D eigenvalue weighted by atomic mass is 10.1. The summed E-state index contributed by atoms with van der Waals surface area (Å²) >= 11 is 0.693. The first-order valence-electron chi connectivity index (χ1n) is 21.6. The number of piperazine rings is 2. The van der Waals surface area contributed by atoms with Gasteiger partial charge in [-0.25, -0.2) is 5.26 Å². The zero-order valence-electron chi connectivity index (χ0n) is 36.6. The predicted molar refractivity (Wildman–Crippen MR) is 259 cm³/mol. The zero-order chi connectivity index (χ0) is 47.3. The van der Waals surface area contributed by atoms with Crippen molar-refractivity contribution in [3.63, 3.8) is 0 Å². The smallest absolute Gasteiger partial charge is 0.295 e. The van der Waals surface area contributed by atoms with Gasteiger partial charge in [0.05, 0.1) is 25.3 Å². The predicted octanol–water partition coefficient (Wildman–Crippen LogP) is 5.11. The number of aliphatic hydroxyl groups is 2. The van der Waals surface area contributed by atoms with Crippen molar-refractivity contribution in [1.82, 2.24) is 39.7 Å². The highest BCUT2D eigenvalue weighted by Crippen LogP contribution is 2.32. The van der Waals surface area contributed by atoms with Crippen LogP contribution < -0.4 is 31.1 Å². The fourth-order valence-electron chi connectivity index (χ4n) is 7.45. The fourth-order valence-corrected chi connectivity index (χ4v) is 8.67. The summed E-state index contributed by atoms with van der Waals surface area (Å²) in [6.07, 6.45) is 3.13. The Morgan fingerprint density at radius 1 is 0.559 bits per heavy atom. The first kappa shape index (κ1) is 47.9. The molecule has 0 saturated carbocycles. The van der Waals surface area contributed by atoms with Crippen molar-refractivity contribution in [3.8, 4) is 0 Å². The van der Waals surface area contributed by atoms with Crippen molar-refractivity contribution in [3.05, 3.63) is 108 Å². The Labute approximate surface area is 396 Å². The van der Waals surface area contributed by atoms with Crippen molar-refractivity contribution in [2.24, 2.45) is 0 Å². The first-order valence-corrected chi connectivity index (χ1v) is 23.8. The molecule has 0 unspecified atom stereocenters. The molecule has 0 aliphatic carbocycles. The standard InChI is InChI=1S/C44H50N14O8S2/c59-27-25-55-17-21-57(22-18-55)43-51-39(45-33-7-3-1-4-8-33)49-41(53-43)47-35-15-13-31(37(29-35)67-66-65-61)11-12-32-14-16-36(30-38(32)68(62,63)64)48-42-50-40(46-34-9-5-2-6-10-34)52-44(54-42)58-23-19-56(20-24-58)26-28-60/h1-16,29-30,59-61H,17-28H2,(H,62,63,64)(H2,45,47,49,51,53)(H2,46,48,50,52,54)/b12-11+. The Balaban J connectivity index is 1.04. The van der Waals surface area contributed by atoms with Gasteiger partial charge in [0.15, 0.2) is 0 Å². The van der Waals surface area contributed by atoms with E-state index in [2.05, 4.69) is 60.9 Å². The summed E-state index contributed by atoms with van der Waals surface area (Å²) in [5.41, 5.74) is 3.03. The topological polar surface area (TPSA) is 272 Å². The first-order chi connectivity index (χ1) is 33.1. The minimum Gasteiger partial charge on any atom is -0.395 e. The lowest BCUT2D eigenvalue weighted by Crippen LogP contribution is -2.47. The molecule has 2 aliphatic heterocycles. The summed E-state index contributed by atoms with van der Waals surface area (Å²) in [4.78, 5) is 36.4. The molecule has 8 rings (SSSR count). The SMILES string of the molecule is O=S(=O)(O)c1cc(Nc2nc(Nc3ccccc3)nc(N3CCN(CCO)CC3)n2)ccc1/C=C/c1ccc(Nc2nc(Nc3ccccc3)nc(N3CCN(CCO)CC3)n2)cc1SOOO. The van der Waals surface area contributed by atoms with Crippen LogP contribution in [-0.4, -0.2) is 147 Å². The number of hydrogen-bond donors (Lipinski definition) is 8. The Bertz CT molecular complexity index is 2750. The van der Waals surface area contributed by atoms with E-state index in [1.165, 1.54) is 18.2 Å². The van der Waals surface area contributed by atoms with E-state index in [0.717, 1.165) is 24.5 Å². The molecule has 6 aromatic rings. The van der Waals surface area contributed by atoms with E-state index in [1.807, 2.05) is 65.6 Å². The highest BCUT2D eigenvalue weighted by Gasteiger charge is 2.23. The molecular formula is C44H50N14O8S2. The maximum atomic E-state index is 12.9. The summed E-state index contributed by atoms with van der Waals surface area (Å²) in [6.45, 7) is 6.69. The van der Waals surface area contributed by atoms with E-state index < -0.39 is 15.0 Å². The lowest BCUT2D eigenvalue weighted by Gasteiger charge is -2.34. The Hall–Kier alpha value is -6.58. The van der Waals surface area contributed by atoms with Gasteiger partial charge >= 0.3 is 0 Å². The highest BCUT2D eigenvalue weighted by atomic mass is 32.2. The van der Waals surface area contributed by atoms with Gasteiger partial charge in [0.1, 0.15) is 4.90 Å². The summed E-state index contributed by atoms with van der Waals surface area (Å²) in [5.74, 6) is 1.80. The normalized spacial score (nSPS) is 14.9. The third-order valence-corrected chi connectivity index (χ3v) is 12.4. The zero-order valence-corrected chi connectivity index (χ0v) is 38.2. The average molecular weight is 967 g/mol. The number of para-hydroxylation sites is 2. The van der Waals surface area contributed by atoms with E-state index in [1.54, 1.807) is 30.3 Å². The van der Waals surface area contributed by atoms with Crippen molar-refractivity contribution in [1.29, 1.82) is 0 Å². The van der Waals surface area contributed by atoms with Gasteiger partial charge in [-0.3, -0.25) is 14.4 Å². The van der Waals surface area contributed by atoms with Crippen molar-refractivity contribution in [2.75, 3.05) is 110 Å². The third-order valence-electron chi connectivity index (χ3n) is 10.9. The quantitative estimate of drug-likeness (QED) is 0.0162. The molecular weight excluding hydrogens is 917 g/mol. The summed E-state index contributed by atoms with van der Waals surface area (Å²) < 4.78 is 41.0. The highest BCUT2D eigenvalue weighted by molar-refractivity contribution is 7.94. The van der Waals surface area contributed by atoms with E-state index >= 15 is 0 Å². The fraction of sp³-hybridized carbons (Fsp3) is 0.273. The molecule has 4 aromatic carbocycles. The number of β-amino-alcohol motifs (C(OH)–C–C–N with tert-alkyl or cyclic N) is 2. The van der Waals surface area contributed by atoms with Crippen LogP contribution in [-0.2, 0) is 19.5 Å². The lowest BCUT2D eigenvalue weighted by molar-refractivity contribution is -0.432. The van der Waals surface area contributed by atoms with Gasteiger partial charge in [-0.05, 0) is 59.7 Å². The van der Waals surface area contributed by atoms with E-state index in [-0.39, 0.29) is 42.3 Å². The number of nitrogens with one attached hydrogen (secondary N) is 4. The monoisotopic (exact) mass is 966 g/mol. The number of anilines is 10. The second kappa shape index (κ2) is 22.9. The molecule has 0 amide bonds. The van der Waals surface area contributed by atoms with Gasteiger partial charge in [0, 0.05) is 93.1 Å². The molecule has 8 N–H and O–H groups in total. The summed E-state index contributed by atoms with van der Waals surface area (Å²) in [6, 6.07) is 28.5. The van der Waals surface area contributed by atoms with Gasteiger partial charge in [0.2, 0.25) is 35.7 Å². The molecule has 24 heteroatoms. The van der Waals surface area contributed by atoms with Crippen molar-refractivity contribution < 1.29 is 37.8 Å². The molecule has 68 heavy (non-hydrogen) atoms. The van der Waals surface area contributed by atoms with Crippen LogP contribution in [0.1, 0.15) is 11.1 Å². The maximum Gasteiger partial charge on any atom is 0.295 e.